The van der Waals surface area contributed by atoms with E-state index < -0.39 is 75.0 Å². The number of esters is 1. The van der Waals surface area contributed by atoms with Gasteiger partial charge in [-0.15, -0.1) is 0 Å². The van der Waals surface area contributed by atoms with E-state index in [4.69, 9.17) is 9.15 Å². The molecule has 5 rings (SSSR count). The Morgan fingerprint density at radius 3 is 2.54 bits per heavy atom. The number of ketones is 1. The van der Waals surface area contributed by atoms with Crippen LogP contribution in [0.3, 0.4) is 0 Å². The van der Waals surface area contributed by atoms with Crippen molar-refractivity contribution in [3.05, 3.63) is 47.0 Å². The summed E-state index contributed by atoms with van der Waals surface area (Å²) in [5.41, 5.74) is -7.07. The lowest BCUT2D eigenvalue weighted by Crippen LogP contribution is -2.70. The average molecular weight is 567 g/mol. The molecule has 4 aliphatic carbocycles. The molecular weight excluding hydrogens is 533 g/mol. The van der Waals surface area contributed by atoms with Gasteiger partial charge in [-0.2, -0.15) is 0 Å². The number of aliphatic hydroxyl groups excluding tert-OH is 1. The first-order valence-electron chi connectivity index (χ1n) is 13.2. The smallest absolute Gasteiger partial charge is 0.342 e. The molecule has 4 aliphatic rings. The van der Waals surface area contributed by atoms with Crippen LogP contribution in [0.4, 0.5) is 13.2 Å². The average Bonchev–Trinajstić information content (AvgIpc) is 3.31. The van der Waals surface area contributed by atoms with Crippen molar-refractivity contribution < 1.29 is 41.8 Å². The molecule has 6 nitrogen and oxygen atoms in total. The maximum Gasteiger partial charge on any atom is 0.342 e. The fourth-order valence-corrected chi connectivity index (χ4v) is 9.20. The quantitative estimate of drug-likeness (QED) is 0.478. The molecule has 9 atom stereocenters. The van der Waals surface area contributed by atoms with Crippen LogP contribution >= 0.6 is 11.8 Å². The minimum Gasteiger partial charge on any atom is -0.466 e. The van der Waals surface area contributed by atoms with E-state index in [0.29, 0.717) is 17.5 Å². The van der Waals surface area contributed by atoms with E-state index >= 15 is 8.78 Å². The number of rotatable bonds is 4. The van der Waals surface area contributed by atoms with E-state index in [1.54, 1.807) is 27.7 Å². The molecule has 0 spiro atoms. The van der Waals surface area contributed by atoms with Crippen molar-refractivity contribution in [3.63, 3.8) is 0 Å². The fraction of sp³-hybridized carbons (Fsp3) is 0.621. The van der Waals surface area contributed by atoms with Gasteiger partial charge in [-0.25, -0.2) is 18.0 Å². The second kappa shape index (κ2) is 9.09. The number of allylic oxidation sites excluding steroid dienone is 4. The number of hydrogen-bond donors (Lipinski definition) is 1. The molecule has 0 aromatic carbocycles. The molecule has 39 heavy (non-hydrogen) atoms. The molecule has 0 amide bonds. The molecule has 1 heterocycles. The molecule has 1 N–H and O–H groups in total. The molecule has 3 fully saturated rings. The van der Waals surface area contributed by atoms with Crippen molar-refractivity contribution in [1.82, 2.24) is 0 Å². The predicted molar refractivity (Wildman–Crippen MR) is 138 cm³/mol. The summed E-state index contributed by atoms with van der Waals surface area (Å²) in [5.74, 6) is -2.97. The number of alkyl halides is 3. The Bertz CT molecular complexity index is 1310. The Balaban J connectivity index is 1.64. The largest absolute Gasteiger partial charge is 0.466 e. The topological polar surface area (TPSA) is 93.8 Å². The molecule has 0 aliphatic heterocycles. The number of fused-ring (bicyclic) bond motifs is 5. The van der Waals surface area contributed by atoms with E-state index in [1.807, 2.05) is 0 Å². The molecule has 212 valence electrons. The number of aryl methyl sites for hydroxylation is 2. The van der Waals surface area contributed by atoms with Crippen LogP contribution in [0.15, 0.2) is 34.3 Å². The Kier molecular flexibility index (Phi) is 6.58. The van der Waals surface area contributed by atoms with Crippen molar-refractivity contribution in [2.24, 2.45) is 28.6 Å². The number of halogens is 3. The van der Waals surface area contributed by atoms with Crippen LogP contribution in [-0.2, 0) is 14.3 Å². The highest BCUT2D eigenvalue weighted by Crippen LogP contribution is 2.72. The van der Waals surface area contributed by atoms with E-state index in [9.17, 15) is 23.9 Å². The number of aliphatic hydroxyl groups is 1. The highest BCUT2D eigenvalue weighted by molar-refractivity contribution is 8.13. The number of furan rings is 1. The van der Waals surface area contributed by atoms with Crippen LogP contribution in [0, 0.1) is 42.4 Å². The zero-order valence-corrected chi connectivity index (χ0v) is 23.4. The monoisotopic (exact) mass is 566 g/mol. The number of ether oxygens (including phenoxy) is 1. The summed E-state index contributed by atoms with van der Waals surface area (Å²) in [6.07, 6.45) is -0.0827. The summed E-state index contributed by atoms with van der Waals surface area (Å²) in [5, 5.41) is 10.8. The molecule has 10 heteroatoms. The summed E-state index contributed by atoms with van der Waals surface area (Å²) in [6.45, 7) is 8.07. The van der Waals surface area contributed by atoms with Crippen molar-refractivity contribution in [2.75, 3.05) is 6.01 Å². The highest BCUT2D eigenvalue weighted by atomic mass is 32.2. The minimum absolute atomic E-state index is 0.00463. The fourth-order valence-electron chi connectivity index (χ4n) is 8.41. The summed E-state index contributed by atoms with van der Waals surface area (Å²) in [6, 6.07) is 0.423. The lowest BCUT2D eigenvalue weighted by atomic mass is 9.44. The maximum atomic E-state index is 17.5. The normalized spacial score (nSPS) is 42.8. The standard InChI is InChI=1S/C29H33F3O6S/c1-14-8-19-20-11-22(31)21-10-17(33)6-7-26(21,4)28(20,32)23(34)12-27(19,5)29(14,25(36)39-13-30)38-24(35)18-9-15(2)37-16(18)3/h6-7,9-10,14,19-20,22-23,34H,8,11-13H2,1-5H3/t14-,19+,20+,22+,23+,26+,27+,28+,29+/m1/s1. The third-order valence-corrected chi connectivity index (χ3v) is 10.8. The van der Waals surface area contributed by atoms with Gasteiger partial charge in [0.15, 0.2) is 17.1 Å². The zero-order valence-electron chi connectivity index (χ0n) is 22.6. The van der Waals surface area contributed by atoms with Gasteiger partial charge in [0.2, 0.25) is 5.12 Å². The molecule has 3 saturated carbocycles. The summed E-state index contributed by atoms with van der Waals surface area (Å²) in [4.78, 5) is 39.3. The van der Waals surface area contributed by atoms with Crippen LogP contribution in [0.25, 0.3) is 0 Å². The van der Waals surface area contributed by atoms with Crippen molar-refractivity contribution in [2.45, 2.75) is 77.4 Å². The molecule has 0 saturated heterocycles. The van der Waals surface area contributed by atoms with Gasteiger partial charge in [-0.05, 0) is 81.5 Å². The Morgan fingerprint density at radius 2 is 1.92 bits per heavy atom. The zero-order chi connectivity index (χ0) is 28.7. The van der Waals surface area contributed by atoms with E-state index in [-0.39, 0.29) is 36.2 Å². The molecule has 1 aromatic rings. The predicted octanol–water partition coefficient (Wildman–Crippen LogP) is 5.54. The van der Waals surface area contributed by atoms with Crippen LogP contribution in [0.2, 0.25) is 0 Å². The van der Waals surface area contributed by atoms with E-state index in [0.717, 1.165) is 6.08 Å². The third kappa shape index (κ3) is 3.55. The number of carbonyl (C=O) groups excluding carboxylic acids is 3. The number of thioether (sulfide) groups is 1. The van der Waals surface area contributed by atoms with Gasteiger partial charge in [0.1, 0.15) is 29.3 Å². The number of hydrogen-bond acceptors (Lipinski definition) is 7. The van der Waals surface area contributed by atoms with Gasteiger partial charge in [0.25, 0.3) is 0 Å². The molecule has 1 aromatic heterocycles. The van der Waals surface area contributed by atoms with Gasteiger partial charge in [0.05, 0.1) is 6.10 Å². The van der Waals surface area contributed by atoms with Crippen LogP contribution in [0.1, 0.15) is 61.9 Å². The van der Waals surface area contributed by atoms with E-state index in [2.05, 4.69) is 0 Å². The van der Waals surface area contributed by atoms with Crippen LogP contribution in [0.5, 0.6) is 0 Å². The highest BCUT2D eigenvalue weighted by Gasteiger charge is 2.78. The van der Waals surface area contributed by atoms with Gasteiger partial charge >= 0.3 is 5.97 Å². The van der Waals surface area contributed by atoms with Crippen molar-refractivity contribution >= 4 is 28.6 Å². The van der Waals surface area contributed by atoms with Crippen LogP contribution in [-0.4, -0.2) is 51.5 Å². The van der Waals surface area contributed by atoms with Crippen molar-refractivity contribution in [1.29, 1.82) is 0 Å². The number of carbonyl (C=O) groups is 3. The molecular formula is C29H33F3O6S. The van der Waals surface area contributed by atoms with Gasteiger partial charge in [-0.3, -0.25) is 9.59 Å². The van der Waals surface area contributed by atoms with E-state index in [1.165, 1.54) is 25.1 Å². The lowest BCUT2D eigenvalue weighted by molar-refractivity contribution is -0.221. The van der Waals surface area contributed by atoms with Gasteiger partial charge in [0, 0.05) is 22.7 Å². The minimum atomic E-state index is -2.35. The Labute approximate surface area is 229 Å². The van der Waals surface area contributed by atoms with Gasteiger partial charge < -0.3 is 14.3 Å². The van der Waals surface area contributed by atoms with Crippen LogP contribution < -0.4 is 0 Å². The first-order chi connectivity index (χ1) is 18.2. The molecule has 0 unspecified atom stereocenters. The van der Waals surface area contributed by atoms with Gasteiger partial charge in [-0.1, -0.05) is 19.9 Å². The first kappa shape index (κ1) is 28.2. The summed E-state index contributed by atoms with van der Waals surface area (Å²) < 4.78 is 58.3. The van der Waals surface area contributed by atoms with Crippen molar-refractivity contribution in [3.8, 4) is 0 Å². The lowest BCUT2D eigenvalue weighted by Gasteiger charge is -2.63. The summed E-state index contributed by atoms with van der Waals surface area (Å²) >= 11 is 0.366. The maximum absolute atomic E-state index is 17.5. The molecule has 0 radical (unpaired) electrons. The summed E-state index contributed by atoms with van der Waals surface area (Å²) in [7, 11) is 0. The SMILES string of the molecule is Cc1cc(C(=O)O[C@]2(C(=O)SCF)[C@H](C)C[C@H]3[C@@H]4C[C@H](F)C5=CC(=O)C=C[C@]5(C)[C@@]4(F)[C@@H](O)C[C@@]32C)c(C)o1. The second-order valence-electron chi connectivity index (χ2n) is 12.0. The second-order valence-corrected chi connectivity index (χ2v) is 12.9. The third-order valence-electron chi connectivity index (χ3n) is 10.2. The Morgan fingerprint density at radius 1 is 1.23 bits per heavy atom. The Hall–Kier alpha value is -2.33. The molecule has 0 bridgehead atoms. The first-order valence-corrected chi connectivity index (χ1v) is 14.2.